The molecule has 0 aromatic heterocycles. The van der Waals surface area contributed by atoms with E-state index in [2.05, 4.69) is 6.92 Å². The van der Waals surface area contributed by atoms with Crippen LogP contribution in [-0.2, 0) is 0 Å². The highest BCUT2D eigenvalue weighted by atomic mass is 19.1. The Morgan fingerprint density at radius 2 is 2.00 bits per heavy atom. The van der Waals surface area contributed by atoms with E-state index in [1.165, 1.54) is 6.07 Å². The number of benzene rings is 1. The van der Waals surface area contributed by atoms with Crippen molar-refractivity contribution in [3.05, 3.63) is 29.1 Å². The topological polar surface area (TPSA) is 35.2 Å². The molecular weight excluding hydrogens is 217 g/mol. The maximum absolute atomic E-state index is 13.5. The molecular formula is C14H22FNO. The first-order chi connectivity index (χ1) is 7.95. The first-order valence-corrected chi connectivity index (χ1v) is 6.18. The van der Waals surface area contributed by atoms with Crippen molar-refractivity contribution >= 4 is 0 Å². The maximum atomic E-state index is 13.5. The molecule has 2 nitrogen and oxygen atoms in total. The minimum absolute atomic E-state index is 0.127. The number of aryl methyl sites for hydroxylation is 1. The van der Waals surface area contributed by atoms with Gasteiger partial charge in [0.05, 0.1) is 6.10 Å². The lowest BCUT2D eigenvalue weighted by Crippen LogP contribution is -2.15. The van der Waals surface area contributed by atoms with Gasteiger partial charge in [0, 0.05) is 11.6 Å². The maximum Gasteiger partial charge on any atom is 0.126 e. The van der Waals surface area contributed by atoms with Crippen molar-refractivity contribution in [3.63, 3.8) is 0 Å². The Hall–Kier alpha value is -1.09. The van der Waals surface area contributed by atoms with Gasteiger partial charge in [0.2, 0.25) is 0 Å². The molecule has 1 unspecified atom stereocenters. The van der Waals surface area contributed by atoms with E-state index < -0.39 is 0 Å². The summed E-state index contributed by atoms with van der Waals surface area (Å²) in [5.74, 6) is 0.479. The average molecular weight is 239 g/mol. The molecule has 1 aromatic carbocycles. The molecule has 96 valence electrons. The van der Waals surface area contributed by atoms with Crippen LogP contribution in [0.15, 0.2) is 12.1 Å². The predicted molar refractivity (Wildman–Crippen MR) is 68.7 cm³/mol. The fraction of sp³-hybridized carbons (Fsp3) is 0.571. The number of ether oxygens (including phenoxy) is 1. The van der Waals surface area contributed by atoms with Crippen molar-refractivity contribution in [2.75, 3.05) is 0 Å². The summed E-state index contributed by atoms with van der Waals surface area (Å²) in [6.45, 7) is 7.70. The normalized spacial score (nSPS) is 14.5. The molecule has 17 heavy (non-hydrogen) atoms. The number of rotatable bonds is 5. The third kappa shape index (κ3) is 3.70. The van der Waals surface area contributed by atoms with Gasteiger partial charge < -0.3 is 10.5 Å². The zero-order chi connectivity index (χ0) is 13.0. The van der Waals surface area contributed by atoms with Gasteiger partial charge in [-0.2, -0.15) is 0 Å². The Morgan fingerprint density at radius 3 is 2.53 bits per heavy atom. The molecule has 0 saturated heterocycles. The van der Waals surface area contributed by atoms with Crippen LogP contribution in [0.5, 0.6) is 5.75 Å². The molecule has 0 heterocycles. The van der Waals surface area contributed by atoms with Crippen LogP contribution in [0.25, 0.3) is 0 Å². The predicted octanol–water partition coefficient (Wildman–Crippen LogP) is 3.72. The first-order valence-electron chi connectivity index (χ1n) is 6.18. The van der Waals surface area contributed by atoms with Crippen LogP contribution in [0.4, 0.5) is 4.39 Å². The third-order valence-corrected chi connectivity index (χ3v) is 2.80. The highest BCUT2D eigenvalue weighted by Crippen LogP contribution is 2.28. The molecule has 2 atom stereocenters. The van der Waals surface area contributed by atoms with Crippen LogP contribution >= 0.6 is 0 Å². The van der Waals surface area contributed by atoms with Crippen molar-refractivity contribution in [3.8, 4) is 5.75 Å². The molecule has 1 rings (SSSR count). The molecule has 0 aliphatic heterocycles. The van der Waals surface area contributed by atoms with E-state index in [-0.39, 0.29) is 18.0 Å². The second-order valence-electron chi connectivity index (χ2n) is 4.65. The second kappa shape index (κ2) is 6.01. The highest BCUT2D eigenvalue weighted by Gasteiger charge is 2.14. The van der Waals surface area contributed by atoms with Crippen molar-refractivity contribution < 1.29 is 9.13 Å². The minimum atomic E-state index is -0.229. The summed E-state index contributed by atoms with van der Waals surface area (Å²) in [7, 11) is 0. The van der Waals surface area contributed by atoms with Gasteiger partial charge in [-0.15, -0.1) is 0 Å². The van der Waals surface area contributed by atoms with E-state index in [4.69, 9.17) is 10.5 Å². The molecule has 0 fully saturated rings. The highest BCUT2D eigenvalue weighted by molar-refractivity contribution is 5.40. The van der Waals surface area contributed by atoms with Crippen LogP contribution in [0.3, 0.4) is 0 Å². The molecule has 0 aliphatic carbocycles. The number of nitrogens with two attached hydrogens (primary N) is 1. The summed E-state index contributed by atoms with van der Waals surface area (Å²) in [6.07, 6.45) is 2.17. The van der Waals surface area contributed by atoms with Crippen LogP contribution in [0, 0.1) is 12.7 Å². The standard InChI is InChI=1S/C14H22FNO/c1-5-6-10(3)17-14-7-9(2)13(15)8-12(14)11(4)16/h7-8,10-11H,5-6,16H2,1-4H3/t10?,11-/m1/s1. The van der Waals surface area contributed by atoms with E-state index in [1.807, 2.05) is 13.8 Å². The lowest BCUT2D eigenvalue weighted by molar-refractivity contribution is 0.206. The second-order valence-corrected chi connectivity index (χ2v) is 4.65. The smallest absolute Gasteiger partial charge is 0.126 e. The summed E-state index contributed by atoms with van der Waals surface area (Å²) in [5.41, 5.74) is 7.16. The Bertz CT molecular complexity index is 377. The number of hydrogen-bond donors (Lipinski definition) is 1. The molecule has 0 amide bonds. The van der Waals surface area contributed by atoms with Crippen molar-refractivity contribution in [2.45, 2.75) is 52.7 Å². The summed E-state index contributed by atoms with van der Waals surface area (Å²) < 4.78 is 19.3. The lowest BCUT2D eigenvalue weighted by atomic mass is 10.0. The van der Waals surface area contributed by atoms with Crippen LogP contribution in [0.2, 0.25) is 0 Å². The van der Waals surface area contributed by atoms with Gasteiger partial charge in [0.15, 0.2) is 0 Å². The van der Waals surface area contributed by atoms with E-state index in [0.717, 1.165) is 18.4 Å². The fourth-order valence-electron chi connectivity index (χ4n) is 1.81. The van der Waals surface area contributed by atoms with E-state index >= 15 is 0 Å². The molecule has 0 bridgehead atoms. The van der Waals surface area contributed by atoms with Gasteiger partial charge in [-0.3, -0.25) is 0 Å². The number of hydrogen-bond acceptors (Lipinski definition) is 2. The average Bonchev–Trinajstić information content (AvgIpc) is 2.23. The van der Waals surface area contributed by atoms with E-state index in [1.54, 1.807) is 13.0 Å². The molecule has 0 aliphatic rings. The van der Waals surface area contributed by atoms with Crippen molar-refractivity contribution in [2.24, 2.45) is 5.73 Å². The summed E-state index contributed by atoms with van der Waals surface area (Å²) in [4.78, 5) is 0. The van der Waals surface area contributed by atoms with E-state index in [0.29, 0.717) is 11.3 Å². The van der Waals surface area contributed by atoms with Gasteiger partial charge in [-0.1, -0.05) is 13.3 Å². The van der Waals surface area contributed by atoms with Crippen LogP contribution < -0.4 is 10.5 Å². The van der Waals surface area contributed by atoms with Gasteiger partial charge in [-0.25, -0.2) is 4.39 Å². The Morgan fingerprint density at radius 1 is 1.35 bits per heavy atom. The van der Waals surface area contributed by atoms with Crippen molar-refractivity contribution in [1.29, 1.82) is 0 Å². The van der Waals surface area contributed by atoms with Gasteiger partial charge >= 0.3 is 0 Å². The third-order valence-electron chi connectivity index (χ3n) is 2.80. The number of halogens is 1. The monoisotopic (exact) mass is 239 g/mol. The summed E-state index contributed by atoms with van der Waals surface area (Å²) >= 11 is 0. The molecule has 0 radical (unpaired) electrons. The van der Waals surface area contributed by atoms with E-state index in [9.17, 15) is 4.39 Å². The lowest BCUT2D eigenvalue weighted by Gasteiger charge is -2.19. The SMILES string of the molecule is CCCC(C)Oc1cc(C)c(F)cc1[C@@H](C)N. The fourth-order valence-corrected chi connectivity index (χ4v) is 1.81. The van der Waals surface area contributed by atoms with Gasteiger partial charge in [-0.05, 0) is 44.9 Å². The summed E-state index contributed by atoms with van der Waals surface area (Å²) in [5, 5.41) is 0. The molecule has 0 spiro atoms. The Labute approximate surface area is 103 Å². The Kier molecular flexibility index (Phi) is 4.94. The van der Waals surface area contributed by atoms with Crippen LogP contribution in [0.1, 0.15) is 50.8 Å². The Balaban J connectivity index is 3.00. The minimum Gasteiger partial charge on any atom is -0.490 e. The largest absolute Gasteiger partial charge is 0.490 e. The molecule has 1 aromatic rings. The molecule has 2 N–H and O–H groups in total. The zero-order valence-electron chi connectivity index (χ0n) is 11.1. The quantitative estimate of drug-likeness (QED) is 0.850. The molecule has 3 heteroatoms. The van der Waals surface area contributed by atoms with Gasteiger partial charge in [0.25, 0.3) is 0 Å². The van der Waals surface area contributed by atoms with Crippen molar-refractivity contribution in [1.82, 2.24) is 0 Å². The first kappa shape index (κ1) is 14.0. The van der Waals surface area contributed by atoms with Gasteiger partial charge in [0.1, 0.15) is 11.6 Å². The zero-order valence-corrected chi connectivity index (χ0v) is 11.1. The summed E-state index contributed by atoms with van der Waals surface area (Å²) in [6, 6.07) is 2.99. The van der Waals surface area contributed by atoms with Crippen LogP contribution in [-0.4, -0.2) is 6.10 Å². The molecule has 0 saturated carbocycles.